The van der Waals surface area contributed by atoms with Crippen molar-refractivity contribution < 1.29 is 4.39 Å². The Labute approximate surface area is 86.7 Å². The fourth-order valence-electron chi connectivity index (χ4n) is 1.68. The summed E-state index contributed by atoms with van der Waals surface area (Å²) in [5.74, 6) is 0.548. The fraction of sp³-hybridized carbons (Fsp3) is 0.556. The predicted octanol–water partition coefficient (Wildman–Crippen LogP) is 2.43. The Balaban J connectivity index is 2.03. The highest BCUT2D eigenvalue weighted by Crippen LogP contribution is 2.24. The molecular weight excluding hydrogens is 205 g/mol. The number of nitrogens with one attached hydrogen (secondary N) is 1. The van der Waals surface area contributed by atoms with Crippen LogP contribution in [0.5, 0.6) is 0 Å². The SMILES string of the molecule is F[C@@H]1CCC[C@@H]1Nc1cncc(Cl)n1. The molecule has 0 radical (unpaired) electrons. The molecule has 1 aliphatic rings. The first-order chi connectivity index (χ1) is 6.75. The van der Waals surface area contributed by atoms with Gasteiger partial charge in [0.25, 0.3) is 0 Å². The first-order valence-corrected chi connectivity index (χ1v) is 5.01. The first kappa shape index (κ1) is 9.65. The molecule has 14 heavy (non-hydrogen) atoms. The number of aromatic nitrogens is 2. The Morgan fingerprint density at radius 1 is 1.43 bits per heavy atom. The third-order valence-corrected chi connectivity index (χ3v) is 2.55. The van der Waals surface area contributed by atoms with Crippen molar-refractivity contribution in [1.29, 1.82) is 0 Å². The van der Waals surface area contributed by atoms with Crippen molar-refractivity contribution in [2.45, 2.75) is 31.5 Å². The molecule has 0 amide bonds. The molecule has 2 rings (SSSR count). The van der Waals surface area contributed by atoms with Crippen molar-refractivity contribution in [3.63, 3.8) is 0 Å². The standard InChI is InChI=1S/C9H11ClFN3/c10-8-4-12-5-9(14-8)13-7-3-1-2-6(7)11/h4-7H,1-3H2,(H,13,14)/t6-,7+/m1/s1. The molecule has 5 heteroatoms. The maximum absolute atomic E-state index is 13.2. The van der Waals surface area contributed by atoms with Crippen molar-refractivity contribution in [1.82, 2.24) is 9.97 Å². The average Bonchev–Trinajstić information content (AvgIpc) is 2.52. The van der Waals surface area contributed by atoms with Crippen LogP contribution in [0.15, 0.2) is 12.4 Å². The molecule has 2 atom stereocenters. The fourth-order valence-corrected chi connectivity index (χ4v) is 1.83. The number of anilines is 1. The molecule has 1 aromatic heterocycles. The lowest BCUT2D eigenvalue weighted by atomic mass is 10.2. The van der Waals surface area contributed by atoms with Crippen molar-refractivity contribution >= 4 is 17.4 Å². The van der Waals surface area contributed by atoms with Gasteiger partial charge >= 0.3 is 0 Å². The molecule has 1 aliphatic carbocycles. The summed E-state index contributed by atoms with van der Waals surface area (Å²) in [4.78, 5) is 7.87. The molecule has 0 aliphatic heterocycles. The number of alkyl halides is 1. The van der Waals surface area contributed by atoms with Crippen LogP contribution in [-0.4, -0.2) is 22.2 Å². The van der Waals surface area contributed by atoms with Crippen molar-refractivity contribution in [3.8, 4) is 0 Å². The number of hydrogen-bond donors (Lipinski definition) is 1. The zero-order valence-electron chi connectivity index (χ0n) is 7.58. The van der Waals surface area contributed by atoms with Gasteiger partial charge in [-0.25, -0.2) is 9.37 Å². The molecule has 1 aromatic rings. The van der Waals surface area contributed by atoms with Crippen LogP contribution in [0.3, 0.4) is 0 Å². The third kappa shape index (κ3) is 2.12. The second-order valence-corrected chi connectivity index (χ2v) is 3.81. The van der Waals surface area contributed by atoms with Gasteiger partial charge in [0.15, 0.2) is 0 Å². The average molecular weight is 216 g/mol. The summed E-state index contributed by atoms with van der Waals surface area (Å²) in [6, 6.07) is -0.136. The third-order valence-electron chi connectivity index (χ3n) is 2.37. The molecule has 3 nitrogen and oxygen atoms in total. The highest BCUT2D eigenvalue weighted by molar-refractivity contribution is 6.29. The highest BCUT2D eigenvalue weighted by atomic mass is 35.5. The zero-order chi connectivity index (χ0) is 9.97. The summed E-state index contributed by atoms with van der Waals surface area (Å²) in [6.07, 6.45) is 4.62. The first-order valence-electron chi connectivity index (χ1n) is 4.64. The molecule has 1 heterocycles. The Morgan fingerprint density at radius 2 is 2.29 bits per heavy atom. The second kappa shape index (κ2) is 4.09. The molecule has 76 valence electrons. The van der Waals surface area contributed by atoms with E-state index in [0.29, 0.717) is 17.4 Å². The van der Waals surface area contributed by atoms with Gasteiger partial charge in [0.1, 0.15) is 17.1 Å². The molecule has 1 fully saturated rings. The molecule has 0 bridgehead atoms. The van der Waals surface area contributed by atoms with E-state index in [1.807, 2.05) is 0 Å². The molecule has 0 spiro atoms. The van der Waals surface area contributed by atoms with Crippen LogP contribution in [-0.2, 0) is 0 Å². The number of rotatable bonds is 2. The topological polar surface area (TPSA) is 37.8 Å². The van der Waals surface area contributed by atoms with Gasteiger partial charge in [-0.1, -0.05) is 11.6 Å². The minimum atomic E-state index is -0.782. The normalized spacial score (nSPS) is 26.4. The van der Waals surface area contributed by atoms with Gasteiger partial charge in [-0.15, -0.1) is 0 Å². The largest absolute Gasteiger partial charge is 0.363 e. The van der Waals surface area contributed by atoms with E-state index in [1.165, 1.54) is 6.20 Å². The van der Waals surface area contributed by atoms with E-state index in [2.05, 4.69) is 15.3 Å². The quantitative estimate of drug-likeness (QED) is 0.824. The van der Waals surface area contributed by atoms with E-state index in [1.54, 1.807) is 6.20 Å². The Morgan fingerprint density at radius 3 is 2.93 bits per heavy atom. The summed E-state index contributed by atoms with van der Waals surface area (Å²) < 4.78 is 13.2. The van der Waals surface area contributed by atoms with E-state index in [0.717, 1.165) is 12.8 Å². The zero-order valence-corrected chi connectivity index (χ0v) is 8.34. The van der Waals surface area contributed by atoms with E-state index in [9.17, 15) is 4.39 Å². The minimum Gasteiger partial charge on any atom is -0.363 e. The van der Waals surface area contributed by atoms with Crippen molar-refractivity contribution in [2.24, 2.45) is 0 Å². The van der Waals surface area contributed by atoms with Crippen LogP contribution in [0.2, 0.25) is 5.15 Å². The van der Waals surface area contributed by atoms with Gasteiger partial charge < -0.3 is 5.32 Å². The van der Waals surface area contributed by atoms with E-state index in [4.69, 9.17) is 11.6 Å². The van der Waals surface area contributed by atoms with Crippen LogP contribution >= 0.6 is 11.6 Å². The maximum Gasteiger partial charge on any atom is 0.149 e. The minimum absolute atomic E-state index is 0.136. The van der Waals surface area contributed by atoms with Gasteiger partial charge in [0.05, 0.1) is 18.4 Å². The van der Waals surface area contributed by atoms with Gasteiger partial charge in [-0.2, -0.15) is 0 Å². The highest BCUT2D eigenvalue weighted by Gasteiger charge is 2.26. The molecule has 1 N–H and O–H groups in total. The van der Waals surface area contributed by atoms with E-state index >= 15 is 0 Å². The molecule has 0 unspecified atom stereocenters. The van der Waals surface area contributed by atoms with E-state index < -0.39 is 6.17 Å². The van der Waals surface area contributed by atoms with Crippen LogP contribution < -0.4 is 5.32 Å². The number of hydrogen-bond acceptors (Lipinski definition) is 3. The lowest BCUT2D eigenvalue weighted by molar-refractivity contribution is 0.323. The van der Waals surface area contributed by atoms with Crippen molar-refractivity contribution in [2.75, 3.05) is 5.32 Å². The maximum atomic E-state index is 13.2. The Hall–Kier alpha value is -0.900. The van der Waals surface area contributed by atoms with Crippen LogP contribution in [0.1, 0.15) is 19.3 Å². The van der Waals surface area contributed by atoms with Gasteiger partial charge in [0, 0.05) is 0 Å². The van der Waals surface area contributed by atoms with Crippen LogP contribution in [0, 0.1) is 0 Å². The van der Waals surface area contributed by atoms with Gasteiger partial charge in [0.2, 0.25) is 0 Å². The predicted molar refractivity (Wildman–Crippen MR) is 53.2 cm³/mol. The van der Waals surface area contributed by atoms with Gasteiger partial charge in [-0.3, -0.25) is 4.98 Å². The molecule has 1 saturated carbocycles. The summed E-state index contributed by atoms with van der Waals surface area (Å²) in [5.41, 5.74) is 0. The summed E-state index contributed by atoms with van der Waals surface area (Å²) in [7, 11) is 0. The lowest BCUT2D eigenvalue weighted by Crippen LogP contribution is -2.25. The summed E-state index contributed by atoms with van der Waals surface area (Å²) in [5, 5.41) is 3.32. The molecule has 0 aromatic carbocycles. The molecule has 0 saturated heterocycles. The monoisotopic (exact) mass is 215 g/mol. The Kier molecular flexibility index (Phi) is 2.82. The summed E-state index contributed by atoms with van der Waals surface area (Å²) in [6.45, 7) is 0. The van der Waals surface area contributed by atoms with Crippen LogP contribution in [0.25, 0.3) is 0 Å². The lowest BCUT2D eigenvalue weighted by Gasteiger charge is -2.14. The smallest absolute Gasteiger partial charge is 0.149 e. The van der Waals surface area contributed by atoms with E-state index in [-0.39, 0.29) is 6.04 Å². The number of nitrogens with zero attached hydrogens (tertiary/aromatic N) is 2. The van der Waals surface area contributed by atoms with Gasteiger partial charge in [-0.05, 0) is 19.3 Å². The van der Waals surface area contributed by atoms with Crippen LogP contribution in [0.4, 0.5) is 10.2 Å². The van der Waals surface area contributed by atoms with Crippen molar-refractivity contribution in [3.05, 3.63) is 17.5 Å². The summed E-state index contributed by atoms with van der Waals surface area (Å²) >= 11 is 5.66. The number of halogens is 2. The second-order valence-electron chi connectivity index (χ2n) is 3.42. The molecular formula is C9H11ClFN3. The Bertz CT molecular complexity index is 321.